The second kappa shape index (κ2) is 5.81. The molecule has 0 atom stereocenters. The monoisotopic (exact) mass is 211 g/mol. The van der Waals surface area contributed by atoms with Gasteiger partial charge in [-0.2, -0.15) is 0 Å². The van der Waals surface area contributed by atoms with Gasteiger partial charge >= 0.3 is 0 Å². The van der Waals surface area contributed by atoms with E-state index in [9.17, 15) is 4.79 Å². The maximum absolute atomic E-state index is 11.8. The van der Waals surface area contributed by atoms with Crippen molar-refractivity contribution in [2.75, 3.05) is 13.1 Å². The lowest BCUT2D eigenvalue weighted by atomic mass is 10.3. The zero-order valence-electron chi connectivity index (χ0n) is 8.82. The summed E-state index contributed by atoms with van der Waals surface area (Å²) < 4.78 is 0. The summed E-state index contributed by atoms with van der Waals surface area (Å²) in [4.78, 5) is 14.8. The molecule has 0 bridgehead atoms. The highest BCUT2D eigenvalue weighted by Crippen LogP contribution is 2.10. The van der Waals surface area contributed by atoms with Crippen LogP contribution in [0.15, 0.2) is 17.5 Å². The Labute approximate surface area is 89.5 Å². The van der Waals surface area contributed by atoms with Crippen molar-refractivity contribution in [3.63, 3.8) is 0 Å². The highest BCUT2D eigenvalue weighted by molar-refractivity contribution is 7.10. The number of nitrogens with zero attached hydrogens (tertiary/aromatic N) is 1. The van der Waals surface area contributed by atoms with Crippen LogP contribution in [0.2, 0.25) is 0 Å². The highest BCUT2D eigenvalue weighted by Gasteiger charge is 2.11. The number of thiophene rings is 1. The Morgan fingerprint density at radius 2 is 2.29 bits per heavy atom. The first kappa shape index (κ1) is 11.2. The molecule has 0 unspecified atom stereocenters. The summed E-state index contributed by atoms with van der Waals surface area (Å²) in [6.45, 7) is 5.82. The maximum Gasteiger partial charge on any atom is 0.227 e. The molecule has 1 aromatic heterocycles. The molecule has 0 radical (unpaired) electrons. The molecular formula is C11H17NOS. The quantitative estimate of drug-likeness (QED) is 0.733. The highest BCUT2D eigenvalue weighted by atomic mass is 32.1. The number of carbonyl (C=O) groups is 1. The molecule has 0 fully saturated rings. The second-order valence-corrected chi connectivity index (χ2v) is 4.26. The van der Waals surface area contributed by atoms with Crippen LogP contribution in [0.4, 0.5) is 0 Å². The summed E-state index contributed by atoms with van der Waals surface area (Å²) in [7, 11) is 0. The van der Waals surface area contributed by atoms with Crippen LogP contribution in [0, 0.1) is 0 Å². The van der Waals surface area contributed by atoms with Gasteiger partial charge in [0.05, 0.1) is 6.42 Å². The van der Waals surface area contributed by atoms with Crippen LogP contribution in [0.3, 0.4) is 0 Å². The average molecular weight is 211 g/mol. The van der Waals surface area contributed by atoms with E-state index in [2.05, 4.69) is 6.92 Å². The molecule has 0 aliphatic carbocycles. The van der Waals surface area contributed by atoms with E-state index in [0.29, 0.717) is 6.42 Å². The van der Waals surface area contributed by atoms with Crippen LogP contribution in [0.5, 0.6) is 0 Å². The number of carbonyl (C=O) groups excluding carboxylic acids is 1. The topological polar surface area (TPSA) is 20.3 Å². The van der Waals surface area contributed by atoms with Gasteiger partial charge < -0.3 is 4.90 Å². The van der Waals surface area contributed by atoms with Gasteiger partial charge in [0.15, 0.2) is 0 Å². The van der Waals surface area contributed by atoms with Crippen molar-refractivity contribution in [2.45, 2.75) is 26.7 Å². The Bertz CT molecular complexity index is 269. The van der Waals surface area contributed by atoms with E-state index in [1.807, 2.05) is 29.3 Å². The van der Waals surface area contributed by atoms with E-state index in [0.717, 1.165) is 24.4 Å². The molecule has 0 saturated carbocycles. The van der Waals surface area contributed by atoms with Crippen molar-refractivity contribution in [2.24, 2.45) is 0 Å². The fraction of sp³-hybridized carbons (Fsp3) is 0.545. The van der Waals surface area contributed by atoms with Crippen molar-refractivity contribution < 1.29 is 4.79 Å². The Morgan fingerprint density at radius 1 is 1.50 bits per heavy atom. The third-order valence-corrected chi connectivity index (χ3v) is 3.01. The summed E-state index contributed by atoms with van der Waals surface area (Å²) in [6, 6.07) is 4.01. The van der Waals surface area contributed by atoms with Crippen molar-refractivity contribution in [1.82, 2.24) is 4.90 Å². The van der Waals surface area contributed by atoms with Gasteiger partial charge in [-0.1, -0.05) is 13.0 Å². The molecule has 0 aliphatic rings. The van der Waals surface area contributed by atoms with E-state index in [-0.39, 0.29) is 5.91 Å². The molecule has 1 heterocycles. The molecule has 0 aliphatic heterocycles. The number of likely N-dealkylation sites (N-methyl/N-ethyl adjacent to an activating group) is 1. The van der Waals surface area contributed by atoms with Crippen LogP contribution in [0.1, 0.15) is 25.1 Å². The van der Waals surface area contributed by atoms with Gasteiger partial charge in [-0.05, 0) is 24.8 Å². The minimum absolute atomic E-state index is 0.247. The Hall–Kier alpha value is -0.830. The summed E-state index contributed by atoms with van der Waals surface area (Å²) >= 11 is 1.65. The van der Waals surface area contributed by atoms with Crippen molar-refractivity contribution in [3.05, 3.63) is 22.4 Å². The summed E-state index contributed by atoms with van der Waals surface area (Å²) in [6.07, 6.45) is 1.59. The van der Waals surface area contributed by atoms with E-state index >= 15 is 0 Å². The van der Waals surface area contributed by atoms with Gasteiger partial charge in [0, 0.05) is 18.0 Å². The summed E-state index contributed by atoms with van der Waals surface area (Å²) in [5, 5.41) is 2.01. The largest absolute Gasteiger partial charge is 0.343 e. The first-order valence-corrected chi connectivity index (χ1v) is 5.96. The van der Waals surface area contributed by atoms with E-state index in [1.165, 1.54) is 0 Å². The molecule has 0 saturated heterocycles. The molecule has 78 valence electrons. The van der Waals surface area contributed by atoms with Gasteiger partial charge in [-0.25, -0.2) is 0 Å². The molecule has 1 aromatic rings. The number of rotatable bonds is 5. The predicted octanol–water partition coefficient (Wildman–Crippen LogP) is 2.55. The van der Waals surface area contributed by atoms with Gasteiger partial charge in [-0.15, -0.1) is 11.3 Å². The molecule has 14 heavy (non-hydrogen) atoms. The zero-order chi connectivity index (χ0) is 10.4. The SMILES string of the molecule is CCCN(CC)C(=O)Cc1cccs1. The van der Waals surface area contributed by atoms with Crippen LogP contribution >= 0.6 is 11.3 Å². The molecule has 2 nitrogen and oxygen atoms in total. The van der Waals surface area contributed by atoms with Gasteiger partial charge in [0.2, 0.25) is 5.91 Å². The van der Waals surface area contributed by atoms with E-state index in [4.69, 9.17) is 0 Å². The lowest BCUT2D eigenvalue weighted by molar-refractivity contribution is -0.130. The Kier molecular flexibility index (Phi) is 4.66. The van der Waals surface area contributed by atoms with Crippen LogP contribution in [-0.2, 0) is 11.2 Å². The smallest absolute Gasteiger partial charge is 0.227 e. The van der Waals surface area contributed by atoms with E-state index < -0.39 is 0 Å². The molecule has 3 heteroatoms. The molecule has 0 aromatic carbocycles. The van der Waals surface area contributed by atoms with Crippen molar-refractivity contribution in [1.29, 1.82) is 0 Å². The molecule has 0 N–H and O–H groups in total. The molecule has 0 spiro atoms. The fourth-order valence-corrected chi connectivity index (χ4v) is 2.10. The number of hydrogen-bond donors (Lipinski definition) is 0. The lowest BCUT2D eigenvalue weighted by Gasteiger charge is -2.19. The van der Waals surface area contributed by atoms with Crippen molar-refractivity contribution >= 4 is 17.2 Å². The normalized spacial score (nSPS) is 10.1. The summed E-state index contributed by atoms with van der Waals surface area (Å²) in [5.41, 5.74) is 0. The number of amides is 1. The third-order valence-electron chi connectivity index (χ3n) is 2.13. The summed E-state index contributed by atoms with van der Waals surface area (Å²) in [5.74, 6) is 0.247. The standard InChI is InChI=1S/C11H17NOS/c1-3-7-12(4-2)11(13)9-10-6-5-8-14-10/h5-6,8H,3-4,7,9H2,1-2H3. The second-order valence-electron chi connectivity index (χ2n) is 3.23. The zero-order valence-corrected chi connectivity index (χ0v) is 9.64. The van der Waals surface area contributed by atoms with Crippen LogP contribution in [0.25, 0.3) is 0 Å². The van der Waals surface area contributed by atoms with E-state index in [1.54, 1.807) is 11.3 Å². The number of hydrogen-bond acceptors (Lipinski definition) is 2. The molecule has 1 rings (SSSR count). The molecule has 1 amide bonds. The third kappa shape index (κ3) is 3.14. The van der Waals surface area contributed by atoms with Crippen LogP contribution in [-0.4, -0.2) is 23.9 Å². The molecular weight excluding hydrogens is 194 g/mol. The van der Waals surface area contributed by atoms with Crippen molar-refractivity contribution in [3.8, 4) is 0 Å². The fourth-order valence-electron chi connectivity index (χ4n) is 1.40. The Morgan fingerprint density at radius 3 is 2.79 bits per heavy atom. The lowest BCUT2D eigenvalue weighted by Crippen LogP contribution is -2.32. The maximum atomic E-state index is 11.8. The van der Waals surface area contributed by atoms with Gasteiger partial charge in [0.25, 0.3) is 0 Å². The van der Waals surface area contributed by atoms with Crippen LogP contribution < -0.4 is 0 Å². The minimum atomic E-state index is 0.247. The Balaban J connectivity index is 2.47. The first-order chi connectivity index (χ1) is 6.77. The van der Waals surface area contributed by atoms with Gasteiger partial charge in [0.1, 0.15) is 0 Å². The first-order valence-electron chi connectivity index (χ1n) is 5.08. The minimum Gasteiger partial charge on any atom is -0.343 e. The predicted molar refractivity (Wildman–Crippen MR) is 60.6 cm³/mol. The van der Waals surface area contributed by atoms with Gasteiger partial charge in [-0.3, -0.25) is 4.79 Å². The average Bonchev–Trinajstić information content (AvgIpc) is 2.66.